The highest BCUT2D eigenvalue weighted by atomic mass is 16.5. The molecule has 1 atom stereocenters. The van der Waals surface area contributed by atoms with E-state index >= 15 is 0 Å². The van der Waals surface area contributed by atoms with E-state index in [-0.39, 0.29) is 12.1 Å². The van der Waals surface area contributed by atoms with Gasteiger partial charge in [0, 0.05) is 6.42 Å². The zero-order valence-electron chi connectivity index (χ0n) is 11.3. The van der Waals surface area contributed by atoms with Gasteiger partial charge in [0.25, 0.3) is 0 Å². The Balaban J connectivity index is 2.52. The number of allylic oxidation sites excluding steroid dienone is 5. The summed E-state index contributed by atoms with van der Waals surface area (Å²) >= 11 is 0. The summed E-state index contributed by atoms with van der Waals surface area (Å²) in [6, 6.07) is 0. The molecule has 1 aliphatic heterocycles. The van der Waals surface area contributed by atoms with Crippen molar-refractivity contribution in [2.45, 2.75) is 58.0 Å². The van der Waals surface area contributed by atoms with Gasteiger partial charge in [-0.2, -0.15) is 0 Å². The molecule has 0 fully saturated rings. The normalized spacial score (nSPS) is 28.5. The van der Waals surface area contributed by atoms with Crippen molar-refractivity contribution in [3.8, 4) is 0 Å². The molecule has 18 heavy (non-hydrogen) atoms. The molecule has 0 aromatic carbocycles. The maximum atomic E-state index is 11.6. The minimum absolute atomic E-state index is 0.0610. The third-order valence-corrected chi connectivity index (χ3v) is 2.92. The molecule has 1 rings (SSSR count). The molecule has 1 unspecified atom stereocenters. The van der Waals surface area contributed by atoms with E-state index in [1.54, 1.807) is 0 Å². The minimum Gasteiger partial charge on any atom is -0.458 e. The molecule has 0 N–H and O–H groups in total. The molecule has 100 valence electrons. The lowest BCUT2D eigenvalue weighted by atomic mass is 10.2. The first-order valence-electron chi connectivity index (χ1n) is 6.99. The fraction of sp³-hybridized carbons (Fsp3) is 0.562. The van der Waals surface area contributed by atoms with Crippen LogP contribution in [-0.2, 0) is 9.53 Å². The topological polar surface area (TPSA) is 26.3 Å². The first-order valence-corrected chi connectivity index (χ1v) is 6.99. The first-order chi connectivity index (χ1) is 8.83. The number of carbonyl (C=O) groups excluding carboxylic acids is 1. The van der Waals surface area contributed by atoms with E-state index in [9.17, 15) is 4.79 Å². The van der Waals surface area contributed by atoms with Crippen molar-refractivity contribution < 1.29 is 9.53 Å². The Morgan fingerprint density at radius 1 is 1.11 bits per heavy atom. The van der Waals surface area contributed by atoms with Gasteiger partial charge in [0.05, 0.1) is 0 Å². The summed E-state index contributed by atoms with van der Waals surface area (Å²) in [6.07, 6.45) is 19.0. The fourth-order valence-electron chi connectivity index (χ4n) is 1.81. The summed E-state index contributed by atoms with van der Waals surface area (Å²) in [5.74, 6) is -0.0686. The van der Waals surface area contributed by atoms with Crippen LogP contribution >= 0.6 is 0 Å². The minimum atomic E-state index is -0.0686. The molecule has 1 heterocycles. The molecule has 0 aliphatic carbocycles. The predicted octanol–water partition coefficient (Wildman–Crippen LogP) is 4.33. The van der Waals surface area contributed by atoms with Gasteiger partial charge in [0.15, 0.2) is 0 Å². The second-order valence-electron chi connectivity index (χ2n) is 4.52. The molecule has 0 aromatic heterocycles. The first kappa shape index (κ1) is 14.7. The Kier molecular flexibility index (Phi) is 7.94. The molecule has 0 amide bonds. The number of ether oxygens (including phenoxy) is 1. The molecule has 0 bridgehead atoms. The van der Waals surface area contributed by atoms with Gasteiger partial charge >= 0.3 is 5.97 Å². The highest BCUT2D eigenvalue weighted by molar-refractivity contribution is 5.69. The summed E-state index contributed by atoms with van der Waals surface area (Å²) in [6.45, 7) is 2.04. The summed E-state index contributed by atoms with van der Waals surface area (Å²) in [4.78, 5) is 11.6. The Bertz CT molecular complexity index is 313. The average Bonchev–Trinajstić information content (AvgIpc) is 2.38. The SMILES string of the molecule is CCC1/C=C\C/C=C\C/C=C\CCCCC(=O)O1. The zero-order chi connectivity index (χ0) is 13.1. The Hall–Kier alpha value is -1.31. The number of cyclic esters (lactones) is 1. The van der Waals surface area contributed by atoms with Gasteiger partial charge in [0.2, 0.25) is 0 Å². The maximum Gasteiger partial charge on any atom is 0.306 e. The van der Waals surface area contributed by atoms with Gasteiger partial charge in [-0.25, -0.2) is 0 Å². The van der Waals surface area contributed by atoms with Gasteiger partial charge < -0.3 is 4.74 Å². The van der Waals surface area contributed by atoms with Gasteiger partial charge in [-0.15, -0.1) is 0 Å². The lowest BCUT2D eigenvalue weighted by Crippen LogP contribution is -2.14. The molecule has 1 aliphatic rings. The van der Waals surface area contributed by atoms with E-state index in [1.165, 1.54) is 0 Å². The summed E-state index contributed by atoms with van der Waals surface area (Å²) < 4.78 is 5.41. The smallest absolute Gasteiger partial charge is 0.306 e. The molecule has 2 heteroatoms. The number of esters is 1. The lowest BCUT2D eigenvalue weighted by molar-refractivity contribution is -0.147. The predicted molar refractivity (Wildman–Crippen MR) is 75.3 cm³/mol. The van der Waals surface area contributed by atoms with Gasteiger partial charge in [-0.3, -0.25) is 4.79 Å². The third-order valence-electron chi connectivity index (χ3n) is 2.92. The van der Waals surface area contributed by atoms with Crippen molar-refractivity contribution in [3.05, 3.63) is 36.5 Å². The number of carbonyl (C=O) groups is 1. The molecule has 0 aromatic rings. The van der Waals surface area contributed by atoms with Crippen molar-refractivity contribution in [1.29, 1.82) is 0 Å². The second-order valence-corrected chi connectivity index (χ2v) is 4.52. The highest BCUT2D eigenvalue weighted by Gasteiger charge is 2.08. The quantitative estimate of drug-likeness (QED) is 0.510. The van der Waals surface area contributed by atoms with Crippen LogP contribution in [-0.4, -0.2) is 12.1 Å². The van der Waals surface area contributed by atoms with Crippen LogP contribution in [0.4, 0.5) is 0 Å². The van der Waals surface area contributed by atoms with Gasteiger partial charge in [-0.05, 0) is 44.6 Å². The van der Waals surface area contributed by atoms with Crippen LogP contribution in [0.15, 0.2) is 36.5 Å². The van der Waals surface area contributed by atoms with Crippen molar-refractivity contribution in [2.24, 2.45) is 0 Å². The number of rotatable bonds is 1. The Morgan fingerprint density at radius 3 is 2.61 bits per heavy atom. The van der Waals surface area contributed by atoms with Crippen LogP contribution < -0.4 is 0 Å². The van der Waals surface area contributed by atoms with Crippen LogP contribution in [0.25, 0.3) is 0 Å². The van der Waals surface area contributed by atoms with Crippen molar-refractivity contribution in [1.82, 2.24) is 0 Å². The summed E-state index contributed by atoms with van der Waals surface area (Å²) in [7, 11) is 0. The van der Waals surface area contributed by atoms with E-state index in [4.69, 9.17) is 4.74 Å². The average molecular weight is 248 g/mol. The molecule has 2 nitrogen and oxygen atoms in total. The fourth-order valence-corrected chi connectivity index (χ4v) is 1.81. The Labute approximate surface area is 110 Å². The summed E-state index contributed by atoms with van der Waals surface area (Å²) in [5, 5.41) is 0. The van der Waals surface area contributed by atoms with E-state index in [0.717, 1.165) is 38.5 Å². The molecule has 0 saturated carbocycles. The zero-order valence-corrected chi connectivity index (χ0v) is 11.3. The van der Waals surface area contributed by atoms with Crippen LogP contribution in [0, 0.1) is 0 Å². The number of hydrogen-bond acceptors (Lipinski definition) is 2. The molecular weight excluding hydrogens is 224 g/mol. The standard InChI is InChI=1S/C16H24O2/c1-2-15-13-11-9-7-5-3-4-6-8-10-12-14-16(17)18-15/h4-7,11,13,15H,2-3,8-10,12,14H2,1H3/b6-4-,7-5-,13-11-. The second kappa shape index (κ2) is 9.69. The van der Waals surface area contributed by atoms with E-state index in [2.05, 4.69) is 30.4 Å². The maximum absolute atomic E-state index is 11.6. The Morgan fingerprint density at radius 2 is 1.83 bits per heavy atom. The van der Waals surface area contributed by atoms with E-state index in [1.807, 2.05) is 13.0 Å². The molecule has 0 spiro atoms. The van der Waals surface area contributed by atoms with Gasteiger partial charge in [-0.1, -0.05) is 37.3 Å². The molecule has 0 radical (unpaired) electrons. The van der Waals surface area contributed by atoms with Crippen molar-refractivity contribution >= 4 is 5.97 Å². The summed E-state index contributed by atoms with van der Waals surface area (Å²) in [5.41, 5.74) is 0. The van der Waals surface area contributed by atoms with Crippen molar-refractivity contribution in [3.63, 3.8) is 0 Å². The number of hydrogen-bond donors (Lipinski definition) is 0. The largest absolute Gasteiger partial charge is 0.458 e. The highest BCUT2D eigenvalue weighted by Crippen LogP contribution is 2.08. The lowest BCUT2D eigenvalue weighted by Gasteiger charge is -2.11. The van der Waals surface area contributed by atoms with E-state index in [0.29, 0.717) is 6.42 Å². The molecular formula is C16H24O2. The van der Waals surface area contributed by atoms with Crippen molar-refractivity contribution in [2.75, 3.05) is 0 Å². The van der Waals surface area contributed by atoms with E-state index < -0.39 is 0 Å². The molecule has 0 saturated heterocycles. The van der Waals surface area contributed by atoms with Crippen LogP contribution in [0.2, 0.25) is 0 Å². The third kappa shape index (κ3) is 7.10. The van der Waals surface area contributed by atoms with Crippen LogP contribution in [0.1, 0.15) is 51.9 Å². The van der Waals surface area contributed by atoms with Crippen LogP contribution in [0.3, 0.4) is 0 Å². The van der Waals surface area contributed by atoms with Gasteiger partial charge in [0.1, 0.15) is 6.10 Å². The monoisotopic (exact) mass is 248 g/mol. The van der Waals surface area contributed by atoms with Crippen LogP contribution in [0.5, 0.6) is 0 Å².